The smallest absolute Gasteiger partial charge is 0.222 e. The lowest BCUT2D eigenvalue weighted by atomic mass is 10.1. The molecule has 2 rings (SSSR count). The average Bonchev–Trinajstić information content (AvgIpc) is 2.28. The van der Waals surface area contributed by atoms with Crippen LogP contribution in [0, 0.1) is 0 Å². The maximum atomic E-state index is 11.4. The first kappa shape index (κ1) is 12.0. The van der Waals surface area contributed by atoms with Crippen molar-refractivity contribution in [3.63, 3.8) is 0 Å². The lowest BCUT2D eigenvalue weighted by molar-refractivity contribution is -0.132. The number of pyridine rings is 1. The summed E-state index contributed by atoms with van der Waals surface area (Å²) in [6.07, 6.45) is 4.46. The zero-order chi connectivity index (χ0) is 12.4. The normalized spacial score (nSPS) is 20.5. The van der Waals surface area contributed by atoms with Crippen molar-refractivity contribution in [2.45, 2.75) is 18.9 Å². The number of nitrogens with two attached hydrogens (primary N) is 1. The molecule has 0 bridgehead atoms. The summed E-state index contributed by atoms with van der Waals surface area (Å²) in [6, 6.07) is 0.180. The van der Waals surface area contributed by atoms with Crippen LogP contribution in [-0.4, -0.2) is 35.4 Å². The Balaban J connectivity index is 2.09. The van der Waals surface area contributed by atoms with Crippen molar-refractivity contribution in [1.82, 2.24) is 9.88 Å². The van der Waals surface area contributed by atoms with Gasteiger partial charge in [0.1, 0.15) is 0 Å². The third-order valence-electron chi connectivity index (χ3n) is 2.90. The van der Waals surface area contributed by atoms with Crippen molar-refractivity contribution in [3.8, 4) is 0 Å². The quantitative estimate of drug-likeness (QED) is 0.836. The highest BCUT2D eigenvalue weighted by Crippen LogP contribution is 2.28. The number of nitrogen functional groups attached to an aromatic ring is 1. The molecule has 0 spiro atoms. The molecule has 1 aromatic rings. The van der Waals surface area contributed by atoms with Crippen molar-refractivity contribution in [3.05, 3.63) is 17.4 Å². The SMILES string of the molecule is CN1CC(Nc2c(N)cncc2Cl)CCC1=O. The molecule has 2 heterocycles. The van der Waals surface area contributed by atoms with E-state index in [1.165, 1.54) is 0 Å². The first-order valence-corrected chi connectivity index (χ1v) is 5.85. The molecule has 1 aliphatic rings. The number of carbonyl (C=O) groups excluding carboxylic acids is 1. The number of rotatable bonds is 2. The fourth-order valence-electron chi connectivity index (χ4n) is 1.94. The third-order valence-corrected chi connectivity index (χ3v) is 3.19. The number of piperidine rings is 1. The molecule has 1 unspecified atom stereocenters. The lowest BCUT2D eigenvalue weighted by Gasteiger charge is -2.31. The molecule has 1 fully saturated rings. The Bertz CT molecular complexity index is 417. The second kappa shape index (κ2) is 4.79. The molecular formula is C11H15ClN4O. The van der Waals surface area contributed by atoms with E-state index in [4.69, 9.17) is 17.3 Å². The monoisotopic (exact) mass is 254 g/mol. The zero-order valence-corrected chi connectivity index (χ0v) is 10.4. The van der Waals surface area contributed by atoms with Crippen LogP contribution in [0.5, 0.6) is 0 Å². The minimum atomic E-state index is 0.178. The summed E-state index contributed by atoms with van der Waals surface area (Å²) < 4.78 is 0. The van der Waals surface area contributed by atoms with E-state index in [1.807, 2.05) is 0 Å². The predicted octanol–water partition coefficient (Wildman–Crippen LogP) is 1.35. The van der Waals surface area contributed by atoms with Gasteiger partial charge in [0, 0.05) is 32.3 Å². The molecule has 17 heavy (non-hydrogen) atoms. The number of aromatic nitrogens is 1. The molecule has 0 saturated carbocycles. The molecule has 0 aliphatic carbocycles. The summed E-state index contributed by atoms with van der Waals surface area (Å²) in [5.41, 5.74) is 7.04. The number of halogens is 1. The Morgan fingerprint density at radius 2 is 2.35 bits per heavy atom. The maximum Gasteiger partial charge on any atom is 0.222 e. The van der Waals surface area contributed by atoms with Crippen LogP contribution >= 0.6 is 11.6 Å². The number of hydrogen-bond acceptors (Lipinski definition) is 4. The van der Waals surface area contributed by atoms with E-state index >= 15 is 0 Å². The van der Waals surface area contributed by atoms with E-state index in [0.29, 0.717) is 29.4 Å². The van der Waals surface area contributed by atoms with Crippen molar-refractivity contribution in [2.75, 3.05) is 24.6 Å². The zero-order valence-electron chi connectivity index (χ0n) is 9.61. The van der Waals surface area contributed by atoms with Gasteiger partial charge < -0.3 is 16.0 Å². The standard InChI is InChI=1S/C11H15ClN4O/c1-16-6-7(2-3-10(16)17)15-11-8(12)4-14-5-9(11)13/h4-5,7H,2-3,6,13H2,1H3,(H,14,15). The van der Waals surface area contributed by atoms with Crippen LogP contribution in [0.3, 0.4) is 0 Å². The highest BCUT2D eigenvalue weighted by Gasteiger charge is 2.23. The Kier molecular flexibility index (Phi) is 3.38. The lowest BCUT2D eigenvalue weighted by Crippen LogP contribution is -2.43. The maximum absolute atomic E-state index is 11.4. The van der Waals surface area contributed by atoms with E-state index in [2.05, 4.69) is 10.3 Å². The molecule has 1 atom stereocenters. The summed E-state index contributed by atoms with van der Waals surface area (Å²) in [7, 11) is 1.80. The van der Waals surface area contributed by atoms with Crippen molar-refractivity contribution >= 4 is 28.9 Å². The first-order valence-electron chi connectivity index (χ1n) is 5.47. The second-order valence-corrected chi connectivity index (χ2v) is 4.65. The highest BCUT2D eigenvalue weighted by molar-refractivity contribution is 6.33. The number of likely N-dealkylation sites (tertiary alicyclic amines) is 1. The van der Waals surface area contributed by atoms with Crippen LogP contribution in [0.4, 0.5) is 11.4 Å². The number of nitrogens with one attached hydrogen (secondary N) is 1. The van der Waals surface area contributed by atoms with E-state index < -0.39 is 0 Å². The van der Waals surface area contributed by atoms with E-state index in [0.717, 1.165) is 6.42 Å². The molecule has 5 nitrogen and oxygen atoms in total. The molecule has 6 heteroatoms. The Hall–Kier alpha value is -1.49. The van der Waals surface area contributed by atoms with Gasteiger partial charge in [0.15, 0.2) is 0 Å². The number of nitrogens with zero attached hydrogens (tertiary/aromatic N) is 2. The molecule has 1 aliphatic heterocycles. The highest BCUT2D eigenvalue weighted by atomic mass is 35.5. The van der Waals surface area contributed by atoms with Gasteiger partial charge in [-0.25, -0.2) is 0 Å². The molecule has 1 saturated heterocycles. The summed E-state index contributed by atoms with van der Waals surface area (Å²) >= 11 is 6.03. The fourth-order valence-corrected chi connectivity index (χ4v) is 2.16. The number of anilines is 2. The number of hydrogen-bond donors (Lipinski definition) is 2. The molecule has 92 valence electrons. The summed E-state index contributed by atoms with van der Waals surface area (Å²) in [5.74, 6) is 0.178. The fraction of sp³-hybridized carbons (Fsp3) is 0.455. The topological polar surface area (TPSA) is 71.2 Å². The number of amides is 1. The van der Waals surface area contributed by atoms with Crippen LogP contribution in [-0.2, 0) is 4.79 Å². The number of carbonyl (C=O) groups is 1. The summed E-state index contributed by atoms with van der Waals surface area (Å²) in [6.45, 7) is 0.664. The van der Waals surface area contributed by atoms with Gasteiger partial charge in [-0.3, -0.25) is 9.78 Å². The van der Waals surface area contributed by atoms with Crippen LogP contribution in [0.2, 0.25) is 5.02 Å². The van der Waals surface area contributed by atoms with Gasteiger partial charge in [-0.2, -0.15) is 0 Å². The molecule has 0 aromatic carbocycles. The largest absolute Gasteiger partial charge is 0.396 e. The predicted molar refractivity (Wildman–Crippen MR) is 67.9 cm³/mol. The number of likely N-dealkylation sites (N-methyl/N-ethyl adjacent to an activating group) is 1. The van der Waals surface area contributed by atoms with E-state index in [1.54, 1.807) is 24.3 Å². The summed E-state index contributed by atoms with van der Waals surface area (Å²) in [4.78, 5) is 17.0. The van der Waals surface area contributed by atoms with Gasteiger partial charge in [0.05, 0.1) is 22.6 Å². The Labute approximate surface area is 105 Å². The van der Waals surface area contributed by atoms with Gasteiger partial charge in [-0.1, -0.05) is 11.6 Å². The average molecular weight is 255 g/mol. The molecule has 1 aromatic heterocycles. The molecular weight excluding hydrogens is 240 g/mol. The van der Waals surface area contributed by atoms with Crippen molar-refractivity contribution in [1.29, 1.82) is 0 Å². The van der Waals surface area contributed by atoms with Crippen LogP contribution in [0.1, 0.15) is 12.8 Å². The molecule has 3 N–H and O–H groups in total. The van der Waals surface area contributed by atoms with Crippen LogP contribution in [0.15, 0.2) is 12.4 Å². The molecule has 1 amide bonds. The van der Waals surface area contributed by atoms with Gasteiger partial charge in [0.2, 0.25) is 5.91 Å². The van der Waals surface area contributed by atoms with Crippen LogP contribution in [0.25, 0.3) is 0 Å². The van der Waals surface area contributed by atoms with E-state index in [-0.39, 0.29) is 11.9 Å². The van der Waals surface area contributed by atoms with Gasteiger partial charge in [0.25, 0.3) is 0 Å². The first-order chi connectivity index (χ1) is 8.08. The minimum absolute atomic E-state index is 0.178. The van der Waals surface area contributed by atoms with Gasteiger partial charge in [-0.05, 0) is 6.42 Å². The Morgan fingerprint density at radius 1 is 1.59 bits per heavy atom. The minimum Gasteiger partial charge on any atom is -0.396 e. The van der Waals surface area contributed by atoms with Gasteiger partial charge in [-0.15, -0.1) is 0 Å². The van der Waals surface area contributed by atoms with Crippen molar-refractivity contribution < 1.29 is 4.79 Å². The van der Waals surface area contributed by atoms with Crippen LogP contribution < -0.4 is 11.1 Å². The second-order valence-electron chi connectivity index (χ2n) is 4.24. The summed E-state index contributed by atoms with van der Waals surface area (Å²) in [5, 5.41) is 3.78. The molecule has 0 radical (unpaired) electrons. The van der Waals surface area contributed by atoms with Crippen molar-refractivity contribution in [2.24, 2.45) is 0 Å². The van der Waals surface area contributed by atoms with E-state index in [9.17, 15) is 4.79 Å². The van der Waals surface area contributed by atoms with Gasteiger partial charge >= 0.3 is 0 Å². The third kappa shape index (κ3) is 2.61. The Morgan fingerprint density at radius 3 is 3.00 bits per heavy atom.